The van der Waals surface area contributed by atoms with E-state index in [1.807, 2.05) is 24.3 Å². The fraction of sp³-hybridized carbons (Fsp3) is 0.600. The van der Waals surface area contributed by atoms with Crippen LogP contribution < -0.4 is 0 Å². The number of hydrogen-bond donors (Lipinski definition) is 1. The first-order chi connectivity index (χ1) is 9.13. The molecule has 4 heteroatoms. The zero-order valence-corrected chi connectivity index (χ0v) is 12.2. The van der Waals surface area contributed by atoms with Crippen LogP contribution in [0.5, 0.6) is 0 Å². The van der Waals surface area contributed by atoms with Crippen molar-refractivity contribution in [2.24, 2.45) is 5.41 Å². The molecular weight excluding hydrogens is 262 g/mol. The van der Waals surface area contributed by atoms with Gasteiger partial charge in [-0.1, -0.05) is 23.7 Å². The van der Waals surface area contributed by atoms with E-state index < -0.39 is 0 Å². The topological polar surface area (TPSA) is 32.7 Å². The molecule has 1 aliphatic heterocycles. The number of benzene rings is 1. The first-order valence-corrected chi connectivity index (χ1v) is 7.13. The van der Waals surface area contributed by atoms with Crippen LogP contribution in [0.1, 0.15) is 18.4 Å². The van der Waals surface area contributed by atoms with Gasteiger partial charge in [0.25, 0.3) is 0 Å². The van der Waals surface area contributed by atoms with Gasteiger partial charge >= 0.3 is 0 Å². The summed E-state index contributed by atoms with van der Waals surface area (Å²) in [5, 5.41) is 10.4. The van der Waals surface area contributed by atoms with Gasteiger partial charge in [-0.3, -0.25) is 0 Å². The maximum absolute atomic E-state index is 9.67. The van der Waals surface area contributed by atoms with E-state index in [-0.39, 0.29) is 12.0 Å². The summed E-state index contributed by atoms with van der Waals surface area (Å²) in [7, 11) is 2.08. The molecule has 0 aromatic heterocycles. The van der Waals surface area contributed by atoms with Crippen molar-refractivity contribution >= 4 is 11.6 Å². The molecule has 19 heavy (non-hydrogen) atoms. The number of aliphatic hydroxyl groups is 1. The maximum Gasteiger partial charge on any atom is 0.0556 e. The highest BCUT2D eigenvalue weighted by Gasteiger charge is 2.33. The second-order valence-corrected chi connectivity index (χ2v) is 6.05. The Bertz CT molecular complexity index is 388. The lowest BCUT2D eigenvalue weighted by molar-refractivity contribution is -0.0531. The summed E-state index contributed by atoms with van der Waals surface area (Å²) in [4.78, 5) is 2.24. The standard InChI is InChI=1S/C15H22ClNO2/c1-17(9-13-3-5-14(16)6-4-13)10-15(11-18)7-2-8-19-12-15/h3-6,18H,2,7-12H2,1H3. The van der Waals surface area contributed by atoms with Crippen LogP contribution in [0.2, 0.25) is 5.02 Å². The average Bonchev–Trinajstić information content (AvgIpc) is 2.42. The van der Waals surface area contributed by atoms with Gasteiger partial charge in [0.2, 0.25) is 0 Å². The second-order valence-electron chi connectivity index (χ2n) is 5.61. The molecule has 0 spiro atoms. The first-order valence-electron chi connectivity index (χ1n) is 6.75. The average molecular weight is 284 g/mol. The molecule has 1 aromatic rings. The minimum atomic E-state index is -0.0978. The van der Waals surface area contributed by atoms with Crippen molar-refractivity contribution in [2.45, 2.75) is 19.4 Å². The van der Waals surface area contributed by atoms with Crippen molar-refractivity contribution in [1.82, 2.24) is 4.90 Å². The van der Waals surface area contributed by atoms with E-state index >= 15 is 0 Å². The van der Waals surface area contributed by atoms with E-state index in [0.29, 0.717) is 6.61 Å². The van der Waals surface area contributed by atoms with Crippen LogP contribution in [-0.2, 0) is 11.3 Å². The molecule has 1 saturated heterocycles. The SMILES string of the molecule is CN(Cc1ccc(Cl)cc1)CC1(CO)CCCOC1. The predicted octanol–water partition coefficient (Wildman–Crippen LogP) is 2.56. The third-order valence-corrected chi connectivity index (χ3v) is 3.96. The highest BCUT2D eigenvalue weighted by molar-refractivity contribution is 6.30. The number of nitrogens with zero attached hydrogens (tertiary/aromatic N) is 1. The quantitative estimate of drug-likeness (QED) is 0.901. The normalized spacial score (nSPS) is 23.8. The molecule has 3 nitrogen and oxygen atoms in total. The summed E-state index contributed by atoms with van der Waals surface area (Å²) in [5.74, 6) is 0. The molecule has 1 atom stereocenters. The Hall–Kier alpha value is -0.610. The van der Waals surface area contributed by atoms with Crippen LogP contribution in [0.4, 0.5) is 0 Å². The maximum atomic E-state index is 9.67. The Morgan fingerprint density at radius 2 is 2.11 bits per heavy atom. The molecule has 1 aliphatic rings. The van der Waals surface area contributed by atoms with E-state index in [4.69, 9.17) is 16.3 Å². The summed E-state index contributed by atoms with van der Waals surface area (Å²) in [5.41, 5.74) is 1.14. The zero-order valence-electron chi connectivity index (χ0n) is 11.4. The molecule has 1 unspecified atom stereocenters. The molecule has 0 saturated carbocycles. The van der Waals surface area contributed by atoms with Gasteiger partial charge in [0.1, 0.15) is 0 Å². The lowest BCUT2D eigenvalue weighted by Crippen LogP contribution is -2.44. The Kier molecular flexibility index (Phi) is 5.22. The molecular formula is C15H22ClNO2. The predicted molar refractivity (Wildman–Crippen MR) is 77.4 cm³/mol. The molecule has 0 amide bonds. The summed E-state index contributed by atoms with van der Waals surface area (Å²) < 4.78 is 5.54. The van der Waals surface area contributed by atoms with Gasteiger partial charge in [0.05, 0.1) is 13.2 Å². The monoisotopic (exact) mass is 283 g/mol. The first kappa shape index (κ1) is 14.8. The largest absolute Gasteiger partial charge is 0.396 e. The van der Waals surface area contributed by atoms with Crippen LogP contribution in [-0.4, -0.2) is 43.4 Å². The van der Waals surface area contributed by atoms with Crippen LogP contribution >= 0.6 is 11.6 Å². The molecule has 0 aliphatic carbocycles. The van der Waals surface area contributed by atoms with Crippen molar-refractivity contribution < 1.29 is 9.84 Å². The third kappa shape index (κ3) is 4.18. The molecule has 1 aromatic carbocycles. The van der Waals surface area contributed by atoms with E-state index in [1.165, 1.54) is 5.56 Å². The van der Waals surface area contributed by atoms with Gasteiger partial charge < -0.3 is 14.7 Å². The smallest absolute Gasteiger partial charge is 0.0556 e. The van der Waals surface area contributed by atoms with E-state index in [0.717, 1.165) is 37.6 Å². The number of rotatable bonds is 5. The third-order valence-electron chi connectivity index (χ3n) is 3.71. The van der Waals surface area contributed by atoms with Gasteiger partial charge in [0.15, 0.2) is 0 Å². The molecule has 1 heterocycles. The summed E-state index contributed by atoms with van der Waals surface area (Å²) in [6, 6.07) is 7.91. The number of ether oxygens (including phenoxy) is 1. The number of aliphatic hydroxyl groups excluding tert-OH is 1. The summed E-state index contributed by atoms with van der Waals surface area (Å²) in [6.45, 7) is 3.39. The van der Waals surface area contributed by atoms with Crippen molar-refractivity contribution in [2.75, 3.05) is 33.4 Å². The van der Waals surface area contributed by atoms with Crippen molar-refractivity contribution in [3.63, 3.8) is 0 Å². The summed E-state index contributed by atoms with van der Waals surface area (Å²) in [6.07, 6.45) is 2.07. The summed E-state index contributed by atoms with van der Waals surface area (Å²) >= 11 is 5.89. The van der Waals surface area contributed by atoms with Crippen LogP contribution in [0.15, 0.2) is 24.3 Å². The highest BCUT2D eigenvalue weighted by Crippen LogP contribution is 2.29. The van der Waals surface area contributed by atoms with Crippen molar-refractivity contribution in [1.29, 1.82) is 0 Å². The molecule has 0 bridgehead atoms. The molecule has 1 N–H and O–H groups in total. The van der Waals surface area contributed by atoms with E-state index in [2.05, 4.69) is 11.9 Å². The van der Waals surface area contributed by atoms with Crippen LogP contribution in [0, 0.1) is 5.41 Å². The van der Waals surface area contributed by atoms with Gasteiger partial charge in [0, 0.05) is 30.1 Å². The minimum absolute atomic E-state index is 0.0978. The Morgan fingerprint density at radius 1 is 1.37 bits per heavy atom. The second kappa shape index (κ2) is 6.71. The van der Waals surface area contributed by atoms with Gasteiger partial charge in [-0.2, -0.15) is 0 Å². The Morgan fingerprint density at radius 3 is 2.68 bits per heavy atom. The highest BCUT2D eigenvalue weighted by atomic mass is 35.5. The minimum Gasteiger partial charge on any atom is -0.396 e. The van der Waals surface area contributed by atoms with Gasteiger partial charge in [-0.25, -0.2) is 0 Å². The molecule has 1 fully saturated rings. The van der Waals surface area contributed by atoms with Crippen LogP contribution in [0.25, 0.3) is 0 Å². The lowest BCUT2D eigenvalue weighted by atomic mass is 9.83. The molecule has 2 rings (SSSR count). The number of halogens is 1. The Balaban J connectivity index is 1.92. The van der Waals surface area contributed by atoms with Gasteiger partial charge in [-0.05, 0) is 37.6 Å². The molecule has 0 radical (unpaired) electrons. The zero-order chi connectivity index (χ0) is 13.7. The fourth-order valence-electron chi connectivity index (χ4n) is 2.74. The Labute approximate surface area is 120 Å². The van der Waals surface area contributed by atoms with E-state index in [1.54, 1.807) is 0 Å². The number of hydrogen-bond acceptors (Lipinski definition) is 3. The van der Waals surface area contributed by atoms with Crippen LogP contribution in [0.3, 0.4) is 0 Å². The van der Waals surface area contributed by atoms with E-state index in [9.17, 15) is 5.11 Å². The van der Waals surface area contributed by atoms with Crippen molar-refractivity contribution in [3.8, 4) is 0 Å². The van der Waals surface area contributed by atoms with Crippen molar-refractivity contribution in [3.05, 3.63) is 34.9 Å². The fourth-order valence-corrected chi connectivity index (χ4v) is 2.87. The lowest BCUT2D eigenvalue weighted by Gasteiger charge is -2.38. The van der Waals surface area contributed by atoms with Gasteiger partial charge in [-0.15, -0.1) is 0 Å². The molecule has 106 valence electrons.